The summed E-state index contributed by atoms with van der Waals surface area (Å²) in [5.74, 6) is 0.885. The van der Waals surface area contributed by atoms with Gasteiger partial charge in [-0.05, 0) is 44.4 Å². The number of carbonyl (C=O) groups is 1. The smallest absolute Gasteiger partial charge is 0.227 e. The van der Waals surface area contributed by atoms with Crippen LogP contribution < -0.4 is 15.8 Å². The molecule has 1 amide bonds. The standard InChI is InChI=1S/C17H28N2O2.ClH/c1-5-17(6-2,12-18)16(20)19-11-14-7-9-15(10-8-14)21-13(3)4;/h7-10,13H,5-6,11-12,18H2,1-4H3,(H,19,20);1H. The predicted octanol–water partition coefficient (Wildman–Crippen LogP) is 3.28. The molecule has 3 N–H and O–H groups in total. The summed E-state index contributed by atoms with van der Waals surface area (Å²) in [6.07, 6.45) is 1.68. The zero-order valence-corrected chi connectivity index (χ0v) is 14.8. The maximum atomic E-state index is 12.3. The molecule has 126 valence electrons. The maximum Gasteiger partial charge on any atom is 0.227 e. The molecule has 0 spiro atoms. The van der Waals surface area contributed by atoms with Crippen molar-refractivity contribution in [2.45, 2.75) is 53.2 Å². The molecule has 0 saturated heterocycles. The van der Waals surface area contributed by atoms with Crippen molar-refractivity contribution < 1.29 is 9.53 Å². The summed E-state index contributed by atoms with van der Waals surface area (Å²) in [4.78, 5) is 12.3. The Morgan fingerprint density at radius 2 is 1.77 bits per heavy atom. The molecule has 1 aromatic carbocycles. The lowest BCUT2D eigenvalue weighted by molar-refractivity contribution is -0.131. The quantitative estimate of drug-likeness (QED) is 0.769. The van der Waals surface area contributed by atoms with Crippen LogP contribution in [-0.4, -0.2) is 18.6 Å². The largest absolute Gasteiger partial charge is 0.491 e. The van der Waals surface area contributed by atoms with Crippen LogP contribution in [0.15, 0.2) is 24.3 Å². The molecule has 4 nitrogen and oxygen atoms in total. The highest BCUT2D eigenvalue weighted by Gasteiger charge is 2.32. The summed E-state index contributed by atoms with van der Waals surface area (Å²) in [6, 6.07) is 7.80. The van der Waals surface area contributed by atoms with Crippen LogP contribution in [0.5, 0.6) is 5.75 Å². The van der Waals surface area contributed by atoms with Gasteiger partial charge in [-0.1, -0.05) is 26.0 Å². The number of hydrogen-bond acceptors (Lipinski definition) is 3. The topological polar surface area (TPSA) is 64.4 Å². The van der Waals surface area contributed by atoms with Crippen molar-refractivity contribution >= 4 is 18.3 Å². The van der Waals surface area contributed by atoms with Gasteiger partial charge in [0.15, 0.2) is 0 Å². The van der Waals surface area contributed by atoms with Crippen LogP contribution in [-0.2, 0) is 11.3 Å². The minimum atomic E-state index is -0.444. The molecule has 0 atom stereocenters. The second-order valence-corrected chi connectivity index (χ2v) is 5.68. The number of rotatable bonds is 8. The van der Waals surface area contributed by atoms with E-state index in [1.807, 2.05) is 52.0 Å². The van der Waals surface area contributed by atoms with Crippen LogP contribution in [0, 0.1) is 5.41 Å². The molecule has 1 aromatic rings. The van der Waals surface area contributed by atoms with Crippen LogP contribution in [0.25, 0.3) is 0 Å². The van der Waals surface area contributed by atoms with Crippen LogP contribution in [0.4, 0.5) is 0 Å². The van der Waals surface area contributed by atoms with Crippen LogP contribution in [0.2, 0.25) is 0 Å². The summed E-state index contributed by atoms with van der Waals surface area (Å²) in [7, 11) is 0. The minimum Gasteiger partial charge on any atom is -0.491 e. The molecule has 0 fully saturated rings. The third kappa shape index (κ3) is 5.50. The third-order valence-corrected chi connectivity index (χ3v) is 3.97. The average Bonchev–Trinajstić information content (AvgIpc) is 2.48. The Hall–Kier alpha value is -1.26. The van der Waals surface area contributed by atoms with Gasteiger partial charge in [0.05, 0.1) is 11.5 Å². The number of amides is 1. The lowest BCUT2D eigenvalue weighted by Crippen LogP contribution is -2.45. The molecule has 0 heterocycles. The van der Waals surface area contributed by atoms with Gasteiger partial charge in [-0.15, -0.1) is 12.4 Å². The van der Waals surface area contributed by atoms with Gasteiger partial charge in [0.2, 0.25) is 5.91 Å². The highest BCUT2D eigenvalue weighted by Crippen LogP contribution is 2.25. The highest BCUT2D eigenvalue weighted by atomic mass is 35.5. The van der Waals surface area contributed by atoms with Crippen LogP contribution >= 0.6 is 12.4 Å². The third-order valence-electron chi connectivity index (χ3n) is 3.97. The number of ether oxygens (including phenoxy) is 1. The molecule has 1 rings (SSSR count). The Bertz CT molecular complexity index is 434. The van der Waals surface area contributed by atoms with Gasteiger partial charge in [-0.2, -0.15) is 0 Å². The van der Waals surface area contributed by atoms with E-state index in [2.05, 4.69) is 5.32 Å². The fourth-order valence-corrected chi connectivity index (χ4v) is 2.28. The first kappa shape index (κ1) is 20.7. The summed E-state index contributed by atoms with van der Waals surface area (Å²) in [5.41, 5.74) is 6.40. The molecular formula is C17H29ClN2O2. The highest BCUT2D eigenvalue weighted by molar-refractivity contribution is 5.85. The van der Waals surface area contributed by atoms with Gasteiger partial charge in [-0.3, -0.25) is 4.79 Å². The van der Waals surface area contributed by atoms with Crippen molar-refractivity contribution in [1.29, 1.82) is 0 Å². The predicted molar refractivity (Wildman–Crippen MR) is 93.4 cm³/mol. The number of hydrogen-bond donors (Lipinski definition) is 2. The second kappa shape index (κ2) is 9.70. The molecular weight excluding hydrogens is 300 g/mol. The van der Waals surface area contributed by atoms with E-state index >= 15 is 0 Å². The van der Waals surface area contributed by atoms with Gasteiger partial charge < -0.3 is 15.8 Å². The number of nitrogens with one attached hydrogen (secondary N) is 1. The first-order valence-electron chi connectivity index (χ1n) is 7.71. The van der Waals surface area contributed by atoms with Crippen LogP contribution in [0.1, 0.15) is 46.1 Å². The Balaban J connectivity index is 0.00000441. The number of benzene rings is 1. The Labute approximate surface area is 140 Å². The fraction of sp³-hybridized carbons (Fsp3) is 0.588. The van der Waals surface area contributed by atoms with Gasteiger partial charge in [0.1, 0.15) is 5.75 Å². The average molecular weight is 329 g/mol. The maximum absolute atomic E-state index is 12.3. The fourth-order valence-electron chi connectivity index (χ4n) is 2.28. The van der Waals surface area contributed by atoms with Crippen molar-refractivity contribution in [2.24, 2.45) is 11.1 Å². The molecule has 0 aromatic heterocycles. The van der Waals surface area contributed by atoms with Gasteiger partial charge in [0.25, 0.3) is 0 Å². The van der Waals surface area contributed by atoms with Gasteiger partial charge in [0, 0.05) is 13.1 Å². The molecule has 0 unspecified atom stereocenters. The monoisotopic (exact) mass is 328 g/mol. The van der Waals surface area contributed by atoms with E-state index in [0.29, 0.717) is 13.1 Å². The van der Waals surface area contributed by atoms with E-state index in [-0.39, 0.29) is 24.4 Å². The van der Waals surface area contributed by atoms with E-state index in [1.54, 1.807) is 0 Å². The van der Waals surface area contributed by atoms with Crippen molar-refractivity contribution in [1.82, 2.24) is 5.32 Å². The lowest BCUT2D eigenvalue weighted by Gasteiger charge is -2.28. The molecule has 5 heteroatoms. The molecule has 0 aliphatic rings. The Morgan fingerprint density at radius 1 is 1.23 bits per heavy atom. The minimum absolute atomic E-state index is 0. The molecule has 22 heavy (non-hydrogen) atoms. The van der Waals surface area contributed by atoms with Crippen molar-refractivity contribution in [3.63, 3.8) is 0 Å². The molecule has 0 radical (unpaired) electrons. The molecule has 0 bridgehead atoms. The van der Waals surface area contributed by atoms with E-state index in [1.165, 1.54) is 0 Å². The Kier molecular flexibility index (Phi) is 9.14. The molecule has 0 aliphatic carbocycles. The van der Waals surface area contributed by atoms with Crippen molar-refractivity contribution in [2.75, 3.05) is 6.54 Å². The van der Waals surface area contributed by atoms with E-state index in [9.17, 15) is 4.79 Å². The lowest BCUT2D eigenvalue weighted by atomic mass is 9.81. The zero-order chi connectivity index (χ0) is 15.9. The van der Waals surface area contributed by atoms with Crippen LogP contribution in [0.3, 0.4) is 0 Å². The summed E-state index contributed by atoms with van der Waals surface area (Å²) >= 11 is 0. The summed E-state index contributed by atoms with van der Waals surface area (Å²) in [5, 5.41) is 2.99. The number of nitrogens with two attached hydrogens (primary N) is 1. The van der Waals surface area contributed by atoms with Crippen molar-refractivity contribution in [3.05, 3.63) is 29.8 Å². The van der Waals surface area contributed by atoms with Crippen molar-refractivity contribution in [3.8, 4) is 5.75 Å². The summed E-state index contributed by atoms with van der Waals surface area (Å²) < 4.78 is 5.60. The molecule has 0 aliphatic heterocycles. The van der Waals surface area contributed by atoms with Gasteiger partial charge in [-0.25, -0.2) is 0 Å². The van der Waals surface area contributed by atoms with E-state index in [0.717, 1.165) is 24.2 Å². The normalized spacial score (nSPS) is 11.0. The first-order chi connectivity index (χ1) is 9.97. The summed E-state index contributed by atoms with van der Waals surface area (Å²) in [6.45, 7) is 8.91. The SMILES string of the molecule is CCC(CC)(CN)C(=O)NCc1ccc(OC(C)C)cc1.Cl. The molecule has 0 saturated carbocycles. The number of carbonyl (C=O) groups excluding carboxylic acids is 1. The zero-order valence-electron chi connectivity index (χ0n) is 14.0. The second-order valence-electron chi connectivity index (χ2n) is 5.68. The Morgan fingerprint density at radius 3 is 2.18 bits per heavy atom. The van der Waals surface area contributed by atoms with E-state index in [4.69, 9.17) is 10.5 Å². The van der Waals surface area contributed by atoms with Gasteiger partial charge >= 0.3 is 0 Å². The first-order valence-corrected chi connectivity index (χ1v) is 7.71. The van der Waals surface area contributed by atoms with E-state index < -0.39 is 5.41 Å². The number of halogens is 1.